The lowest BCUT2D eigenvalue weighted by Crippen LogP contribution is -2.53. The van der Waals surface area contributed by atoms with Gasteiger partial charge in [-0.15, -0.1) is 0 Å². The summed E-state index contributed by atoms with van der Waals surface area (Å²) >= 11 is 0. The molecule has 0 bridgehead atoms. The largest absolute Gasteiger partial charge is 0.375 e. The fourth-order valence-corrected chi connectivity index (χ4v) is 4.66. The first-order valence-corrected chi connectivity index (χ1v) is 11.6. The zero-order valence-corrected chi connectivity index (χ0v) is 19.7. The summed E-state index contributed by atoms with van der Waals surface area (Å²) in [5.41, 5.74) is 1.03. The summed E-state index contributed by atoms with van der Waals surface area (Å²) in [7, 11) is 1.48. The van der Waals surface area contributed by atoms with Crippen LogP contribution in [0.4, 0.5) is 5.69 Å². The zero-order chi connectivity index (χ0) is 24.0. The van der Waals surface area contributed by atoms with Gasteiger partial charge in [0.05, 0.1) is 4.92 Å². The minimum Gasteiger partial charge on any atom is -0.375 e. The van der Waals surface area contributed by atoms with Crippen molar-refractivity contribution in [1.29, 1.82) is 0 Å². The number of hydrogen-bond donors (Lipinski definition) is 1. The summed E-state index contributed by atoms with van der Waals surface area (Å²) in [6.07, 6.45) is 0.567. The van der Waals surface area contributed by atoms with Crippen molar-refractivity contribution >= 4 is 17.5 Å². The van der Waals surface area contributed by atoms with Crippen LogP contribution in [0.15, 0.2) is 24.3 Å². The molecule has 2 aliphatic heterocycles. The third-order valence-corrected chi connectivity index (χ3v) is 6.23. The third kappa shape index (κ3) is 6.49. The second kappa shape index (κ2) is 11.5. The molecule has 2 unspecified atom stereocenters. The van der Waals surface area contributed by atoms with E-state index in [0.29, 0.717) is 38.5 Å². The summed E-state index contributed by atoms with van der Waals surface area (Å²) in [5, 5.41) is 14.2. The van der Waals surface area contributed by atoms with Gasteiger partial charge in [0.2, 0.25) is 11.8 Å². The summed E-state index contributed by atoms with van der Waals surface area (Å²) in [4.78, 5) is 42.6. The van der Waals surface area contributed by atoms with Crippen LogP contribution < -0.4 is 5.32 Å². The monoisotopic (exact) mass is 461 g/mol. The first kappa shape index (κ1) is 25.1. The Kier molecular flexibility index (Phi) is 8.76. The first-order valence-electron chi connectivity index (χ1n) is 11.6. The number of piperazine rings is 1. The number of carbonyl (C=O) groups is 2. The number of methoxy groups -OCH3 is 1. The molecule has 2 saturated heterocycles. The molecular weight excluding hydrogens is 426 g/mol. The second-order valence-electron chi connectivity index (χ2n) is 9.21. The van der Waals surface area contributed by atoms with E-state index in [2.05, 4.69) is 24.1 Å². The molecule has 2 fully saturated rings. The smallest absolute Gasteiger partial charge is 0.269 e. The number of nitro groups is 1. The number of carbonyl (C=O) groups excluding carboxylic acids is 2. The molecule has 0 aromatic heterocycles. The van der Waals surface area contributed by atoms with E-state index >= 15 is 0 Å². The van der Waals surface area contributed by atoms with E-state index in [4.69, 9.17) is 4.74 Å². The standard InChI is InChI=1S/C23H35N5O5/c1-17(2)13-26(14-18-4-6-19(7-5-18)28(31)32)20-12-21(27(15-20)22(29)16-33-3)23(30)25-10-8-24-9-11-25/h4-7,17,20-21,24H,8-16H2,1-3H3. The topological polar surface area (TPSA) is 108 Å². The summed E-state index contributed by atoms with van der Waals surface area (Å²) in [6.45, 7) is 8.87. The lowest BCUT2D eigenvalue weighted by atomic mass is 10.1. The van der Waals surface area contributed by atoms with E-state index < -0.39 is 11.0 Å². The maximum absolute atomic E-state index is 13.4. The highest BCUT2D eigenvalue weighted by atomic mass is 16.6. The minimum atomic E-state index is -0.498. The van der Waals surface area contributed by atoms with E-state index in [-0.39, 0.29) is 30.2 Å². The van der Waals surface area contributed by atoms with E-state index in [1.54, 1.807) is 17.0 Å². The van der Waals surface area contributed by atoms with Crippen molar-refractivity contribution in [3.8, 4) is 0 Å². The van der Waals surface area contributed by atoms with Crippen molar-refractivity contribution < 1.29 is 19.2 Å². The minimum absolute atomic E-state index is 0.00304. The molecule has 1 aromatic rings. The molecule has 0 aliphatic carbocycles. The van der Waals surface area contributed by atoms with Crippen LogP contribution >= 0.6 is 0 Å². The number of likely N-dealkylation sites (tertiary alicyclic amines) is 1. The average Bonchev–Trinajstić information content (AvgIpc) is 3.24. The normalized spacial score (nSPS) is 21.1. The van der Waals surface area contributed by atoms with E-state index in [0.717, 1.165) is 25.2 Å². The van der Waals surface area contributed by atoms with Crippen LogP contribution in [0.3, 0.4) is 0 Å². The number of rotatable bonds is 9. The van der Waals surface area contributed by atoms with Gasteiger partial charge in [-0.2, -0.15) is 0 Å². The highest BCUT2D eigenvalue weighted by Crippen LogP contribution is 2.27. The summed E-state index contributed by atoms with van der Waals surface area (Å²) < 4.78 is 5.08. The maximum atomic E-state index is 13.4. The van der Waals surface area contributed by atoms with E-state index in [9.17, 15) is 19.7 Å². The van der Waals surface area contributed by atoms with Crippen molar-refractivity contribution in [3.63, 3.8) is 0 Å². The number of nitrogens with one attached hydrogen (secondary N) is 1. The van der Waals surface area contributed by atoms with Gasteiger partial charge >= 0.3 is 0 Å². The van der Waals surface area contributed by atoms with Crippen LogP contribution in [0.5, 0.6) is 0 Å². The number of benzene rings is 1. The summed E-state index contributed by atoms with van der Waals surface area (Å²) in [6, 6.07) is 6.10. The van der Waals surface area contributed by atoms with E-state index in [1.165, 1.54) is 19.2 Å². The Morgan fingerprint density at radius 3 is 2.48 bits per heavy atom. The number of nitro benzene ring substituents is 1. The van der Waals surface area contributed by atoms with Crippen molar-refractivity contribution in [2.75, 3.05) is 53.0 Å². The molecule has 0 spiro atoms. The molecule has 2 aliphatic rings. The first-order chi connectivity index (χ1) is 15.8. The molecule has 1 aromatic carbocycles. The number of amides is 2. The fourth-order valence-electron chi connectivity index (χ4n) is 4.66. The molecule has 3 rings (SSSR count). The average molecular weight is 462 g/mol. The van der Waals surface area contributed by atoms with Crippen LogP contribution in [0.25, 0.3) is 0 Å². The lowest BCUT2D eigenvalue weighted by molar-refractivity contribution is -0.384. The van der Waals surface area contributed by atoms with Crippen LogP contribution in [0, 0.1) is 16.0 Å². The van der Waals surface area contributed by atoms with Crippen molar-refractivity contribution in [2.24, 2.45) is 5.92 Å². The maximum Gasteiger partial charge on any atom is 0.269 e. The van der Waals surface area contributed by atoms with Gasteiger partial charge in [-0.05, 0) is 17.9 Å². The summed E-state index contributed by atoms with van der Waals surface area (Å²) in [5.74, 6) is 0.214. The van der Waals surface area contributed by atoms with Crippen LogP contribution in [0.1, 0.15) is 25.8 Å². The van der Waals surface area contributed by atoms with Crippen LogP contribution in [-0.2, 0) is 20.9 Å². The Hall–Kier alpha value is -2.56. The van der Waals surface area contributed by atoms with Gasteiger partial charge in [0.25, 0.3) is 5.69 Å². The van der Waals surface area contributed by atoms with Gasteiger partial charge in [0.1, 0.15) is 12.6 Å². The number of nitrogens with zero attached hydrogens (tertiary/aromatic N) is 4. The molecule has 10 heteroatoms. The Balaban J connectivity index is 1.79. The molecule has 33 heavy (non-hydrogen) atoms. The molecule has 0 radical (unpaired) electrons. The molecule has 2 amide bonds. The SMILES string of the molecule is COCC(=O)N1CC(N(Cc2ccc([N+](=O)[O-])cc2)CC(C)C)CC1C(=O)N1CCNCC1. The van der Waals surface area contributed by atoms with Gasteiger partial charge in [0, 0.05) is 71.1 Å². The molecule has 2 atom stereocenters. The highest BCUT2D eigenvalue weighted by Gasteiger charge is 2.43. The molecule has 10 nitrogen and oxygen atoms in total. The predicted octanol–water partition coefficient (Wildman–Crippen LogP) is 1.10. The molecule has 182 valence electrons. The Morgan fingerprint density at radius 2 is 1.91 bits per heavy atom. The van der Waals surface area contributed by atoms with Crippen molar-refractivity contribution in [3.05, 3.63) is 39.9 Å². The van der Waals surface area contributed by atoms with Gasteiger partial charge in [0.15, 0.2) is 0 Å². The van der Waals surface area contributed by atoms with Crippen LogP contribution in [-0.4, -0.2) is 96.5 Å². The lowest BCUT2D eigenvalue weighted by Gasteiger charge is -2.32. The number of hydrogen-bond acceptors (Lipinski definition) is 7. The van der Waals surface area contributed by atoms with Crippen molar-refractivity contribution in [2.45, 2.75) is 38.9 Å². The van der Waals surface area contributed by atoms with Crippen molar-refractivity contribution in [1.82, 2.24) is 20.0 Å². The zero-order valence-electron chi connectivity index (χ0n) is 19.7. The fraction of sp³-hybridized carbons (Fsp3) is 0.652. The molecule has 1 N–H and O–H groups in total. The van der Waals surface area contributed by atoms with Gasteiger partial charge in [-0.3, -0.25) is 24.6 Å². The van der Waals surface area contributed by atoms with Gasteiger partial charge < -0.3 is 19.9 Å². The second-order valence-corrected chi connectivity index (χ2v) is 9.21. The van der Waals surface area contributed by atoms with Gasteiger partial charge in [-0.1, -0.05) is 26.0 Å². The quantitative estimate of drug-likeness (QED) is 0.433. The Bertz CT molecular complexity index is 825. The molecule has 0 saturated carbocycles. The van der Waals surface area contributed by atoms with Crippen LogP contribution in [0.2, 0.25) is 0 Å². The van der Waals surface area contributed by atoms with E-state index in [1.807, 2.05) is 4.90 Å². The highest BCUT2D eigenvalue weighted by molar-refractivity contribution is 5.89. The molecular formula is C23H35N5O5. The van der Waals surface area contributed by atoms with Gasteiger partial charge in [-0.25, -0.2) is 0 Å². The number of non-ortho nitro benzene ring substituents is 1. The number of ether oxygens (including phenoxy) is 1. The Morgan fingerprint density at radius 1 is 1.24 bits per heavy atom. The predicted molar refractivity (Wildman–Crippen MR) is 124 cm³/mol. The molecule has 2 heterocycles. The third-order valence-electron chi connectivity index (χ3n) is 6.23. The Labute approximate surface area is 195 Å².